The first kappa shape index (κ1) is 14.9. The molecule has 0 bridgehead atoms. The van der Waals surface area contributed by atoms with Gasteiger partial charge in [-0.1, -0.05) is 24.3 Å². The van der Waals surface area contributed by atoms with Gasteiger partial charge in [0.1, 0.15) is 11.5 Å². The number of esters is 1. The Labute approximate surface area is 124 Å². The average Bonchev–Trinajstić information content (AvgIpc) is 2.54. The molecule has 0 atom stereocenters. The highest BCUT2D eigenvalue weighted by atomic mass is 16.5. The van der Waals surface area contributed by atoms with Crippen molar-refractivity contribution in [2.45, 2.75) is 6.92 Å². The highest BCUT2D eigenvalue weighted by Gasteiger charge is 2.19. The average molecular weight is 286 g/mol. The number of methoxy groups -OCH3 is 2. The maximum Gasteiger partial charge on any atom is 0.338 e. The summed E-state index contributed by atoms with van der Waals surface area (Å²) in [6.45, 7) is 2.11. The van der Waals surface area contributed by atoms with Crippen LogP contribution >= 0.6 is 0 Å². The van der Waals surface area contributed by atoms with Gasteiger partial charge in [-0.3, -0.25) is 0 Å². The van der Waals surface area contributed by atoms with E-state index in [2.05, 4.69) is 0 Å². The molecule has 0 saturated carbocycles. The van der Waals surface area contributed by atoms with Crippen molar-refractivity contribution in [2.75, 3.05) is 20.8 Å². The molecule has 0 unspecified atom stereocenters. The number of ether oxygens (including phenoxy) is 3. The molecule has 2 aromatic rings. The van der Waals surface area contributed by atoms with Crippen LogP contribution in [0.25, 0.3) is 11.1 Å². The van der Waals surface area contributed by atoms with Gasteiger partial charge >= 0.3 is 5.97 Å². The van der Waals surface area contributed by atoms with Crippen molar-refractivity contribution >= 4 is 5.97 Å². The van der Waals surface area contributed by atoms with Gasteiger partial charge in [0.15, 0.2) is 0 Å². The Morgan fingerprint density at radius 2 is 1.57 bits per heavy atom. The lowest BCUT2D eigenvalue weighted by Gasteiger charge is -2.15. The van der Waals surface area contributed by atoms with Crippen LogP contribution in [0.4, 0.5) is 0 Å². The lowest BCUT2D eigenvalue weighted by Crippen LogP contribution is -2.07. The molecule has 4 heteroatoms. The summed E-state index contributed by atoms with van der Waals surface area (Å²) in [4.78, 5) is 12.1. The molecule has 0 fully saturated rings. The molecular formula is C17H18O4. The van der Waals surface area contributed by atoms with Gasteiger partial charge in [-0.25, -0.2) is 4.79 Å². The van der Waals surface area contributed by atoms with E-state index in [1.54, 1.807) is 33.3 Å². The van der Waals surface area contributed by atoms with E-state index in [9.17, 15) is 4.79 Å². The zero-order chi connectivity index (χ0) is 15.2. The van der Waals surface area contributed by atoms with Crippen molar-refractivity contribution in [3.05, 3.63) is 48.0 Å². The van der Waals surface area contributed by atoms with Crippen LogP contribution in [0, 0.1) is 0 Å². The Kier molecular flexibility index (Phi) is 4.82. The van der Waals surface area contributed by atoms with Gasteiger partial charge in [0.25, 0.3) is 0 Å². The third-order valence-corrected chi connectivity index (χ3v) is 3.12. The molecule has 0 saturated heterocycles. The molecular weight excluding hydrogens is 268 g/mol. The Balaban J connectivity index is 2.65. The van der Waals surface area contributed by atoms with Gasteiger partial charge < -0.3 is 14.2 Å². The first-order valence-corrected chi connectivity index (χ1v) is 6.70. The van der Waals surface area contributed by atoms with E-state index >= 15 is 0 Å². The van der Waals surface area contributed by atoms with Crippen LogP contribution < -0.4 is 9.47 Å². The fourth-order valence-corrected chi connectivity index (χ4v) is 2.20. The summed E-state index contributed by atoms with van der Waals surface area (Å²) < 4.78 is 15.9. The minimum absolute atomic E-state index is 0.330. The number of hydrogen-bond acceptors (Lipinski definition) is 4. The molecule has 0 aliphatic rings. The van der Waals surface area contributed by atoms with Crippen molar-refractivity contribution in [3.8, 4) is 22.6 Å². The van der Waals surface area contributed by atoms with Crippen LogP contribution in [-0.4, -0.2) is 26.8 Å². The second kappa shape index (κ2) is 6.79. The normalized spacial score (nSPS) is 10.0. The first-order valence-electron chi connectivity index (χ1n) is 6.70. The number of hydrogen-bond donors (Lipinski definition) is 0. The van der Waals surface area contributed by atoms with Crippen LogP contribution in [0.5, 0.6) is 11.5 Å². The molecule has 0 heterocycles. The third kappa shape index (κ3) is 2.99. The topological polar surface area (TPSA) is 44.8 Å². The van der Waals surface area contributed by atoms with Crippen LogP contribution in [-0.2, 0) is 4.74 Å². The summed E-state index contributed by atoms with van der Waals surface area (Å²) in [5.74, 6) is 0.929. The third-order valence-electron chi connectivity index (χ3n) is 3.12. The van der Waals surface area contributed by atoms with E-state index in [1.165, 1.54) is 0 Å². The zero-order valence-electron chi connectivity index (χ0n) is 12.4. The maximum atomic E-state index is 12.1. The van der Waals surface area contributed by atoms with E-state index in [4.69, 9.17) is 14.2 Å². The maximum absolute atomic E-state index is 12.1. The Bertz CT molecular complexity index is 612. The lowest BCUT2D eigenvalue weighted by molar-refractivity contribution is 0.0527. The Hall–Kier alpha value is -2.49. The number of carbonyl (C=O) groups is 1. The van der Waals surface area contributed by atoms with Gasteiger partial charge in [-0.05, 0) is 25.1 Å². The summed E-state index contributed by atoms with van der Waals surface area (Å²) >= 11 is 0. The fraction of sp³-hybridized carbons (Fsp3) is 0.235. The van der Waals surface area contributed by atoms with E-state index in [-0.39, 0.29) is 5.97 Å². The summed E-state index contributed by atoms with van der Waals surface area (Å²) in [5, 5.41) is 0. The predicted molar refractivity (Wildman–Crippen MR) is 80.9 cm³/mol. The summed E-state index contributed by atoms with van der Waals surface area (Å²) in [6, 6.07) is 12.8. The zero-order valence-corrected chi connectivity index (χ0v) is 12.4. The van der Waals surface area contributed by atoms with Crippen molar-refractivity contribution in [1.29, 1.82) is 0 Å². The highest BCUT2D eigenvalue weighted by Crippen LogP contribution is 2.39. The molecule has 21 heavy (non-hydrogen) atoms. The van der Waals surface area contributed by atoms with E-state index in [0.29, 0.717) is 23.7 Å². The molecule has 0 spiro atoms. The number of benzene rings is 2. The molecule has 4 nitrogen and oxygen atoms in total. The predicted octanol–water partition coefficient (Wildman–Crippen LogP) is 3.55. The molecule has 2 aromatic carbocycles. The van der Waals surface area contributed by atoms with Crippen LogP contribution in [0.1, 0.15) is 17.3 Å². The lowest BCUT2D eigenvalue weighted by atomic mass is 9.98. The molecule has 0 radical (unpaired) electrons. The minimum Gasteiger partial charge on any atom is -0.496 e. The first-order chi connectivity index (χ1) is 10.2. The smallest absolute Gasteiger partial charge is 0.338 e. The quantitative estimate of drug-likeness (QED) is 0.788. The second-order valence-corrected chi connectivity index (χ2v) is 4.30. The number of carbonyl (C=O) groups excluding carboxylic acids is 1. The molecule has 2 rings (SSSR count). The van der Waals surface area contributed by atoms with Crippen LogP contribution in [0.2, 0.25) is 0 Å². The molecule has 110 valence electrons. The monoisotopic (exact) mass is 286 g/mol. The number of rotatable bonds is 5. The van der Waals surface area contributed by atoms with Crippen molar-refractivity contribution < 1.29 is 19.0 Å². The SMILES string of the molecule is CCOC(=O)c1ccccc1-c1c(OC)cccc1OC. The largest absolute Gasteiger partial charge is 0.496 e. The molecule has 0 aromatic heterocycles. The Morgan fingerprint density at radius 3 is 2.14 bits per heavy atom. The van der Waals surface area contributed by atoms with Gasteiger partial charge in [-0.2, -0.15) is 0 Å². The van der Waals surface area contributed by atoms with Gasteiger partial charge in [0, 0.05) is 5.56 Å². The molecule has 0 N–H and O–H groups in total. The summed E-state index contributed by atoms with van der Waals surface area (Å²) in [7, 11) is 3.18. The van der Waals surface area contributed by atoms with Crippen LogP contribution in [0.3, 0.4) is 0 Å². The standard InChI is InChI=1S/C17H18O4/c1-4-21-17(18)13-9-6-5-8-12(13)16-14(19-2)10-7-11-15(16)20-3/h5-11H,4H2,1-3H3. The second-order valence-electron chi connectivity index (χ2n) is 4.30. The van der Waals surface area contributed by atoms with Crippen molar-refractivity contribution in [3.63, 3.8) is 0 Å². The minimum atomic E-state index is -0.360. The van der Waals surface area contributed by atoms with Crippen LogP contribution in [0.15, 0.2) is 42.5 Å². The summed E-state index contributed by atoms with van der Waals surface area (Å²) in [5.41, 5.74) is 1.96. The van der Waals surface area contributed by atoms with Crippen molar-refractivity contribution in [1.82, 2.24) is 0 Å². The molecule has 0 amide bonds. The highest BCUT2D eigenvalue weighted by molar-refractivity contribution is 5.99. The Morgan fingerprint density at radius 1 is 0.952 bits per heavy atom. The van der Waals surface area contributed by atoms with E-state index in [1.807, 2.05) is 30.3 Å². The van der Waals surface area contributed by atoms with Gasteiger partial charge in [0.2, 0.25) is 0 Å². The van der Waals surface area contributed by atoms with Gasteiger partial charge in [-0.15, -0.1) is 0 Å². The van der Waals surface area contributed by atoms with Crippen molar-refractivity contribution in [2.24, 2.45) is 0 Å². The van der Waals surface area contributed by atoms with Gasteiger partial charge in [0.05, 0.1) is 32.0 Å². The molecule has 0 aliphatic carbocycles. The van der Waals surface area contributed by atoms with E-state index in [0.717, 1.165) is 11.1 Å². The van der Waals surface area contributed by atoms with E-state index < -0.39 is 0 Å². The summed E-state index contributed by atoms with van der Waals surface area (Å²) in [6.07, 6.45) is 0. The molecule has 0 aliphatic heterocycles. The fourth-order valence-electron chi connectivity index (χ4n) is 2.20.